The molecule has 1 rings (SSSR count). The lowest BCUT2D eigenvalue weighted by Crippen LogP contribution is -2.16. The molecule has 0 unspecified atom stereocenters. The molecule has 1 aromatic rings. The lowest BCUT2D eigenvalue weighted by Gasteiger charge is -2.10. The van der Waals surface area contributed by atoms with Crippen LogP contribution < -0.4 is 4.74 Å². The molecule has 1 heterocycles. The van der Waals surface area contributed by atoms with E-state index in [4.69, 9.17) is 9.47 Å². The molecule has 0 aliphatic carbocycles. The van der Waals surface area contributed by atoms with E-state index in [0.717, 1.165) is 29.7 Å². The van der Waals surface area contributed by atoms with Gasteiger partial charge in [-0.25, -0.2) is 9.78 Å². The quantitative estimate of drug-likeness (QED) is 0.576. The van der Waals surface area contributed by atoms with Gasteiger partial charge in [0, 0.05) is 11.3 Å². The van der Waals surface area contributed by atoms with Gasteiger partial charge < -0.3 is 9.47 Å². The van der Waals surface area contributed by atoms with Gasteiger partial charge in [0.2, 0.25) is 5.88 Å². The van der Waals surface area contributed by atoms with Crippen molar-refractivity contribution in [3.8, 4) is 5.88 Å². The van der Waals surface area contributed by atoms with E-state index in [9.17, 15) is 4.79 Å². The Morgan fingerprint density at radius 2 is 2.06 bits per heavy atom. The summed E-state index contributed by atoms with van der Waals surface area (Å²) in [6.07, 6.45) is 1.89. The molecular formula is C14H21NO3. The Morgan fingerprint density at radius 1 is 1.33 bits per heavy atom. The molecular weight excluding hydrogens is 230 g/mol. The summed E-state index contributed by atoms with van der Waals surface area (Å²) in [5.74, 6) is 0.170. The van der Waals surface area contributed by atoms with E-state index in [2.05, 4.69) is 4.98 Å². The van der Waals surface area contributed by atoms with Crippen molar-refractivity contribution in [1.82, 2.24) is 4.98 Å². The number of carbonyl (C=O) groups excluding carboxylic acids is 1. The van der Waals surface area contributed by atoms with Gasteiger partial charge in [0.25, 0.3) is 0 Å². The predicted octanol–water partition coefficient (Wildman–Crippen LogP) is 2.73. The molecule has 100 valence electrons. The summed E-state index contributed by atoms with van der Waals surface area (Å²) in [6, 6.07) is 1.99. The number of aromatic nitrogens is 1. The van der Waals surface area contributed by atoms with Gasteiger partial charge in [0.15, 0.2) is 6.61 Å². The Kier molecular flexibility index (Phi) is 5.62. The summed E-state index contributed by atoms with van der Waals surface area (Å²) < 4.78 is 10.4. The van der Waals surface area contributed by atoms with Crippen LogP contribution in [-0.4, -0.2) is 24.2 Å². The minimum absolute atomic E-state index is 0.0829. The molecule has 0 N–H and O–H groups in total. The lowest BCUT2D eigenvalue weighted by atomic mass is 10.1. The number of ether oxygens (including phenoxy) is 2. The van der Waals surface area contributed by atoms with Crippen LogP contribution in [-0.2, 0) is 9.53 Å². The van der Waals surface area contributed by atoms with Gasteiger partial charge in [-0.15, -0.1) is 0 Å². The van der Waals surface area contributed by atoms with Crippen LogP contribution in [0.15, 0.2) is 6.07 Å². The highest BCUT2D eigenvalue weighted by molar-refractivity contribution is 5.71. The van der Waals surface area contributed by atoms with Crippen molar-refractivity contribution in [1.29, 1.82) is 0 Å². The monoisotopic (exact) mass is 251 g/mol. The number of aryl methyl sites for hydroxylation is 2. The SMILES string of the molecule is CCCCOC(=O)COc1nc(C)cc(C)c1C. The second kappa shape index (κ2) is 6.99. The smallest absolute Gasteiger partial charge is 0.344 e. The zero-order valence-corrected chi connectivity index (χ0v) is 11.6. The molecule has 0 spiro atoms. The van der Waals surface area contributed by atoms with Gasteiger partial charge in [-0.2, -0.15) is 0 Å². The summed E-state index contributed by atoms with van der Waals surface area (Å²) in [7, 11) is 0. The minimum atomic E-state index is -0.344. The van der Waals surface area contributed by atoms with Crippen LogP contribution in [0.3, 0.4) is 0 Å². The largest absolute Gasteiger partial charge is 0.465 e. The van der Waals surface area contributed by atoms with Crippen molar-refractivity contribution >= 4 is 5.97 Å². The topological polar surface area (TPSA) is 48.4 Å². The van der Waals surface area contributed by atoms with Crippen molar-refractivity contribution < 1.29 is 14.3 Å². The fourth-order valence-corrected chi connectivity index (χ4v) is 1.51. The van der Waals surface area contributed by atoms with Crippen LogP contribution in [0.2, 0.25) is 0 Å². The Labute approximate surface area is 108 Å². The number of unbranched alkanes of at least 4 members (excludes halogenated alkanes) is 1. The second-order valence-electron chi connectivity index (χ2n) is 4.37. The van der Waals surface area contributed by atoms with Crippen molar-refractivity contribution in [2.45, 2.75) is 40.5 Å². The second-order valence-corrected chi connectivity index (χ2v) is 4.37. The fourth-order valence-electron chi connectivity index (χ4n) is 1.51. The van der Waals surface area contributed by atoms with Crippen LogP contribution in [0, 0.1) is 20.8 Å². The third-order valence-electron chi connectivity index (χ3n) is 2.70. The Balaban J connectivity index is 2.50. The molecule has 0 bridgehead atoms. The predicted molar refractivity (Wildman–Crippen MR) is 69.8 cm³/mol. The van der Waals surface area contributed by atoms with Crippen LogP contribution in [0.25, 0.3) is 0 Å². The first-order valence-corrected chi connectivity index (χ1v) is 6.27. The van der Waals surface area contributed by atoms with Gasteiger partial charge in [0.05, 0.1) is 6.61 Å². The Hall–Kier alpha value is -1.58. The van der Waals surface area contributed by atoms with E-state index in [0.29, 0.717) is 12.5 Å². The highest BCUT2D eigenvalue weighted by Crippen LogP contribution is 2.19. The van der Waals surface area contributed by atoms with E-state index in [-0.39, 0.29) is 12.6 Å². The number of pyridine rings is 1. The van der Waals surface area contributed by atoms with E-state index < -0.39 is 0 Å². The maximum absolute atomic E-state index is 11.4. The molecule has 0 saturated carbocycles. The zero-order chi connectivity index (χ0) is 13.5. The number of carbonyl (C=O) groups is 1. The molecule has 0 amide bonds. The van der Waals surface area contributed by atoms with Gasteiger partial charge in [0.1, 0.15) is 0 Å². The Morgan fingerprint density at radius 3 is 2.72 bits per heavy atom. The third-order valence-corrected chi connectivity index (χ3v) is 2.70. The van der Waals surface area contributed by atoms with Crippen LogP contribution in [0.5, 0.6) is 5.88 Å². The van der Waals surface area contributed by atoms with E-state index >= 15 is 0 Å². The molecule has 0 aromatic carbocycles. The standard InChI is InChI=1S/C14H21NO3/c1-5-6-7-17-13(16)9-18-14-12(4)10(2)8-11(3)15-14/h8H,5-7,9H2,1-4H3. The first kappa shape index (κ1) is 14.5. The number of hydrogen-bond donors (Lipinski definition) is 0. The molecule has 0 radical (unpaired) electrons. The third kappa shape index (κ3) is 4.35. The highest BCUT2D eigenvalue weighted by Gasteiger charge is 2.09. The highest BCUT2D eigenvalue weighted by atomic mass is 16.6. The summed E-state index contributed by atoms with van der Waals surface area (Å²) >= 11 is 0. The van der Waals surface area contributed by atoms with E-state index in [1.54, 1.807) is 0 Å². The van der Waals surface area contributed by atoms with Crippen LogP contribution in [0.1, 0.15) is 36.6 Å². The molecule has 1 aromatic heterocycles. The van der Waals surface area contributed by atoms with Crippen molar-refractivity contribution in [2.75, 3.05) is 13.2 Å². The van der Waals surface area contributed by atoms with Crippen molar-refractivity contribution in [3.63, 3.8) is 0 Å². The van der Waals surface area contributed by atoms with Gasteiger partial charge in [-0.3, -0.25) is 0 Å². The first-order chi connectivity index (χ1) is 8.54. The molecule has 4 nitrogen and oxygen atoms in total. The zero-order valence-electron chi connectivity index (χ0n) is 11.6. The average molecular weight is 251 g/mol. The van der Waals surface area contributed by atoms with E-state index in [1.807, 2.05) is 33.8 Å². The fraction of sp³-hybridized carbons (Fsp3) is 0.571. The molecule has 4 heteroatoms. The summed E-state index contributed by atoms with van der Waals surface area (Å²) in [6.45, 7) is 8.25. The van der Waals surface area contributed by atoms with Gasteiger partial charge in [-0.1, -0.05) is 13.3 Å². The normalized spacial score (nSPS) is 10.2. The summed E-state index contributed by atoms with van der Waals surface area (Å²) in [5, 5.41) is 0. The molecule has 0 fully saturated rings. The minimum Gasteiger partial charge on any atom is -0.465 e. The molecule has 0 aliphatic rings. The molecule has 0 aliphatic heterocycles. The molecule has 18 heavy (non-hydrogen) atoms. The average Bonchev–Trinajstić information content (AvgIpc) is 2.32. The summed E-state index contributed by atoms with van der Waals surface area (Å²) in [5.41, 5.74) is 2.95. The summed E-state index contributed by atoms with van der Waals surface area (Å²) in [4.78, 5) is 15.7. The maximum atomic E-state index is 11.4. The lowest BCUT2D eigenvalue weighted by molar-refractivity contribution is -0.146. The van der Waals surface area contributed by atoms with Crippen molar-refractivity contribution in [3.05, 3.63) is 22.9 Å². The Bertz CT molecular complexity index is 416. The van der Waals surface area contributed by atoms with Crippen LogP contribution >= 0.6 is 0 Å². The van der Waals surface area contributed by atoms with Crippen molar-refractivity contribution in [2.24, 2.45) is 0 Å². The number of hydrogen-bond acceptors (Lipinski definition) is 4. The number of rotatable bonds is 6. The van der Waals surface area contributed by atoms with Crippen LogP contribution in [0.4, 0.5) is 0 Å². The number of esters is 1. The van der Waals surface area contributed by atoms with E-state index in [1.165, 1.54) is 0 Å². The van der Waals surface area contributed by atoms with Gasteiger partial charge >= 0.3 is 5.97 Å². The number of nitrogens with zero attached hydrogens (tertiary/aromatic N) is 1. The van der Waals surface area contributed by atoms with Gasteiger partial charge in [-0.05, 0) is 38.8 Å². The molecule has 0 saturated heterocycles. The maximum Gasteiger partial charge on any atom is 0.344 e. The molecule has 0 atom stereocenters. The first-order valence-electron chi connectivity index (χ1n) is 6.27.